The van der Waals surface area contributed by atoms with Crippen molar-refractivity contribution >= 4 is 34.7 Å². The Kier molecular flexibility index (Phi) is 19.4. The first-order valence-electron chi connectivity index (χ1n) is 13.4. The summed E-state index contributed by atoms with van der Waals surface area (Å²) in [6.45, 7) is 37.8. The van der Waals surface area contributed by atoms with Gasteiger partial charge in [0.2, 0.25) is 0 Å². The summed E-state index contributed by atoms with van der Waals surface area (Å²) < 4.78 is 0. The maximum absolute atomic E-state index is 11.5. The van der Waals surface area contributed by atoms with Crippen LogP contribution >= 0.6 is 0 Å². The first-order valence-corrected chi connectivity index (χ1v) is 13.4. The summed E-state index contributed by atoms with van der Waals surface area (Å²) in [5.41, 5.74) is -3.24. The molecule has 7 heteroatoms. The SMILES string of the molecule is [CH2-]C(C)(C)C(=O)CC(=O)C(C)(C)C.[CH2-]C(C)(C)C(=O)CC(=O)C(C)(C)C.[CH2-]C(C)(C)C(=O)CC(=O)C(C)(C)C.[Tm+3]. The van der Waals surface area contributed by atoms with Crippen LogP contribution in [0.3, 0.4) is 0 Å². The summed E-state index contributed by atoms with van der Waals surface area (Å²) in [6, 6.07) is 0. The number of hydrogen-bond acceptors (Lipinski definition) is 6. The van der Waals surface area contributed by atoms with Crippen molar-refractivity contribution in [3.8, 4) is 0 Å². The average Bonchev–Trinajstić information content (AvgIpc) is 2.64. The molecule has 0 aliphatic rings. The maximum Gasteiger partial charge on any atom is 3.00 e. The van der Waals surface area contributed by atoms with E-state index in [1.54, 1.807) is 41.5 Å². The molecule has 0 aromatic carbocycles. The molecule has 0 atom stereocenters. The van der Waals surface area contributed by atoms with Crippen LogP contribution in [0.1, 0.15) is 123 Å². The topological polar surface area (TPSA) is 102 Å². The van der Waals surface area contributed by atoms with Crippen LogP contribution < -0.4 is 0 Å². The second-order valence-corrected chi connectivity index (χ2v) is 15.5. The predicted octanol–water partition coefficient (Wildman–Crippen LogP) is 7.26. The van der Waals surface area contributed by atoms with E-state index in [0.717, 1.165) is 0 Å². The molecule has 0 bridgehead atoms. The number of carbonyl (C=O) groups is 6. The molecule has 0 fully saturated rings. The van der Waals surface area contributed by atoms with Crippen LogP contribution in [0.4, 0.5) is 0 Å². The molecule has 40 heavy (non-hydrogen) atoms. The van der Waals surface area contributed by atoms with Crippen LogP contribution in [0.2, 0.25) is 0 Å². The molecular formula is C33H57O6Tm. The van der Waals surface area contributed by atoms with Crippen molar-refractivity contribution in [3.05, 3.63) is 20.8 Å². The zero-order valence-electron chi connectivity index (χ0n) is 28.0. The number of carbonyl (C=O) groups excluding carboxylic acids is 6. The van der Waals surface area contributed by atoms with Crippen LogP contribution in [-0.4, -0.2) is 34.7 Å². The second kappa shape index (κ2) is 16.8. The van der Waals surface area contributed by atoms with Gasteiger partial charge in [-0.05, 0) is 0 Å². The molecule has 0 spiro atoms. The minimum Gasteiger partial charge on any atom is -0.331 e. The number of rotatable bonds is 9. The fraction of sp³-hybridized carbons (Fsp3) is 0.727. The molecule has 0 rings (SSSR count). The van der Waals surface area contributed by atoms with E-state index in [1.807, 2.05) is 62.3 Å². The monoisotopic (exact) mass is 718 g/mol. The van der Waals surface area contributed by atoms with E-state index in [-0.39, 0.29) is 90.8 Å². The van der Waals surface area contributed by atoms with E-state index in [1.165, 1.54) is 0 Å². The number of hydrogen-bond donors (Lipinski definition) is 0. The van der Waals surface area contributed by atoms with Gasteiger partial charge in [-0.15, -0.1) is 16.2 Å². The van der Waals surface area contributed by atoms with Crippen LogP contribution in [0.5, 0.6) is 0 Å². The van der Waals surface area contributed by atoms with Gasteiger partial charge >= 0.3 is 36.9 Å². The Morgan fingerprint density at radius 2 is 0.475 bits per heavy atom. The first kappa shape index (κ1) is 46.2. The third kappa shape index (κ3) is 21.9. The van der Waals surface area contributed by atoms with Crippen molar-refractivity contribution in [3.63, 3.8) is 0 Å². The third-order valence-electron chi connectivity index (χ3n) is 5.74. The van der Waals surface area contributed by atoms with Crippen LogP contribution in [-0.2, 0) is 28.8 Å². The van der Waals surface area contributed by atoms with Gasteiger partial charge in [0, 0.05) is 16.2 Å². The van der Waals surface area contributed by atoms with E-state index in [9.17, 15) is 28.8 Å². The molecule has 0 aliphatic heterocycles. The molecule has 0 unspecified atom stereocenters. The third-order valence-corrected chi connectivity index (χ3v) is 5.74. The van der Waals surface area contributed by atoms with Gasteiger partial charge in [0.05, 0.1) is 19.3 Å². The quantitative estimate of drug-likeness (QED) is 0.184. The second-order valence-electron chi connectivity index (χ2n) is 15.5. The molecule has 0 aromatic heterocycles. The van der Waals surface area contributed by atoms with Crippen LogP contribution in [0, 0.1) is 90.1 Å². The van der Waals surface area contributed by atoms with Crippen molar-refractivity contribution in [2.45, 2.75) is 123 Å². The molecule has 0 aliphatic carbocycles. The molecule has 0 amide bonds. The molecule has 0 N–H and O–H groups in total. The molecule has 0 aromatic rings. The van der Waals surface area contributed by atoms with Crippen molar-refractivity contribution < 1.29 is 65.6 Å². The Labute approximate surface area is 275 Å². The average molecular weight is 719 g/mol. The Hall–Kier alpha value is -0.746. The minimum absolute atomic E-state index is 0. The smallest absolute Gasteiger partial charge is 0.331 e. The van der Waals surface area contributed by atoms with Gasteiger partial charge < -0.3 is 35.2 Å². The number of Topliss-reactive ketones (excluding diaryl/α,β-unsaturated/α-hetero) is 6. The van der Waals surface area contributed by atoms with Gasteiger partial charge in [0.25, 0.3) is 0 Å². The van der Waals surface area contributed by atoms with E-state index in [2.05, 4.69) is 20.8 Å². The van der Waals surface area contributed by atoms with Crippen molar-refractivity contribution in [2.24, 2.45) is 32.5 Å². The minimum atomic E-state index is -0.652. The summed E-state index contributed by atoms with van der Waals surface area (Å²) in [4.78, 5) is 68.7. The van der Waals surface area contributed by atoms with Gasteiger partial charge in [-0.1, -0.05) is 104 Å². The fourth-order valence-corrected chi connectivity index (χ4v) is 1.95. The summed E-state index contributed by atoms with van der Waals surface area (Å²) >= 11 is 0. The molecule has 238 valence electrons. The molecule has 0 radical (unpaired) electrons. The van der Waals surface area contributed by atoms with E-state index in [4.69, 9.17) is 0 Å². The standard InChI is InChI=1S/3C11H19O2.Tm/c3*1-10(2,3)8(12)7-9(13)11(4,5)6;/h3*1,7H2,2-6H3;/q3*-1;+3. The van der Waals surface area contributed by atoms with E-state index < -0.39 is 32.5 Å². The van der Waals surface area contributed by atoms with Crippen molar-refractivity contribution in [1.29, 1.82) is 0 Å². The van der Waals surface area contributed by atoms with Gasteiger partial charge in [0.1, 0.15) is 34.7 Å². The normalized spacial score (nSPS) is 12.4. The van der Waals surface area contributed by atoms with E-state index in [0.29, 0.717) is 0 Å². The van der Waals surface area contributed by atoms with Gasteiger partial charge in [-0.2, -0.15) is 0 Å². The Balaban J connectivity index is -0.000000240. The van der Waals surface area contributed by atoms with Crippen LogP contribution in [0.25, 0.3) is 0 Å². The molecule has 0 saturated carbocycles. The molecule has 0 saturated heterocycles. The molecular weight excluding hydrogens is 661 g/mol. The Morgan fingerprint density at radius 3 is 0.550 bits per heavy atom. The summed E-state index contributed by atoms with van der Waals surface area (Å²) in [5, 5.41) is 0. The van der Waals surface area contributed by atoms with E-state index >= 15 is 0 Å². The Morgan fingerprint density at radius 1 is 0.350 bits per heavy atom. The summed E-state index contributed by atoms with van der Waals surface area (Å²) in [7, 11) is 0. The maximum atomic E-state index is 11.5. The van der Waals surface area contributed by atoms with Gasteiger partial charge in [-0.3, -0.25) is 14.4 Å². The number of ketones is 6. The Bertz CT molecular complexity index is 693. The summed E-state index contributed by atoms with van der Waals surface area (Å²) in [6.07, 6.45) is -0.000000000000000666. The van der Waals surface area contributed by atoms with Crippen LogP contribution in [0.15, 0.2) is 0 Å². The predicted molar refractivity (Wildman–Crippen MR) is 160 cm³/mol. The largest absolute Gasteiger partial charge is 3.00 e. The van der Waals surface area contributed by atoms with Gasteiger partial charge in [-0.25, -0.2) is 0 Å². The zero-order chi connectivity index (χ0) is 32.6. The van der Waals surface area contributed by atoms with Crippen molar-refractivity contribution in [2.75, 3.05) is 0 Å². The molecule has 6 nitrogen and oxygen atoms in total. The summed E-state index contributed by atoms with van der Waals surface area (Å²) in [5.74, 6) is -0.329. The zero-order valence-corrected chi connectivity index (χ0v) is 29.7. The first-order chi connectivity index (χ1) is 16.6. The van der Waals surface area contributed by atoms with Crippen molar-refractivity contribution in [1.82, 2.24) is 0 Å². The van der Waals surface area contributed by atoms with Gasteiger partial charge in [0.15, 0.2) is 0 Å². The fourth-order valence-electron chi connectivity index (χ4n) is 1.95. The molecule has 0 heterocycles.